The molecule has 0 bridgehead atoms. The lowest BCUT2D eigenvalue weighted by Crippen LogP contribution is -2.08. The summed E-state index contributed by atoms with van der Waals surface area (Å²) in [6, 6.07) is 0. The van der Waals surface area contributed by atoms with E-state index in [0.717, 1.165) is 0 Å². The van der Waals surface area contributed by atoms with Crippen molar-refractivity contribution in [3.05, 3.63) is 0 Å². The summed E-state index contributed by atoms with van der Waals surface area (Å²) < 4.78 is 0. The van der Waals surface area contributed by atoms with Crippen LogP contribution in [0.1, 0.15) is 0 Å². The Morgan fingerprint density at radius 3 is 1.67 bits per heavy atom. The van der Waals surface area contributed by atoms with Crippen molar-refractivity contribution in [1.82, 2.24) is 0 Å². The maximum absolute atomic E-state index is 8.07. The van der Waals surface area contributed by atoms with Gasteiger partial charge in [-0.3, -0.25) is 0 Å². The van der Waals surface area contributed by atoms with Crippen molar-refractivity contribution in [3.63, 3.8) is 0 Å². The summed E-state index contributed by atoms with van der Waals surface area (Å²) in [7, 11) is 0. The van der Waals surface area contributed by atoms with E-state index in [4.69, 9.17) is 10.2 Å². The largest absolute Gasteiger partial charge is 0.395 e. The fourth-order valence-electron chi connectivity index (χ4n) is 0.0577. The van der Waals surface area contributed by atoms with E-state index in [-0.39, 0.29) is 18.5 Å². The molecule has 0 heterocycles. The molecule has 0 aliphatic rings. The van der Waals surface area contributed by atoms with Gasteiger partial charge in [0, 0.05) is 0 Å². The number of aliphatic hydroxyl groups is 2. The molecular weight excluding hydrogens is 100 g/mol. The Kier molecular flexibility index (Phi) is 3.62. The summed E-state index contributed by atoms with van der Waals surface area (Å²) >= 11 is 4.44. The van der Waals surface area contributed by atoms with Crippen molar-refractivity contribution in [2.75, 3.05) is 13.2 Å². The molecule has 6 heavy (non-hydrogen) atoms. The van der Waals surface area contributed by atoms with Crippen molar-refractivity contribution in [2.45, 2.75) is 5.25 Å². The molecule has 1 radical (unpaired) electrons. The minimum absolute atomic E-state index is 0.105. The van der Waals surface area contributed by atoms with Crippen LogP contribution in [-0.2, 0) is 0 Å². The Hall–Kier alpha value is 0.270. The van der Waals surface area contributed by atoms with Gasteiger partial charge < -0.3 is 10.2 Å². The van der Waals surface area contributed by atoms with Crippen LogP contribution >= 0.6 is 12.6 Å². The third-order valence-electron chi connectivity index (χ3n) is 0.407. The lowest BCUT2D eigenvalue weighted by atomic mass is 10.5. The predicted octanol–water partition coefficient (Wildman–Crippen LogP) is -0.463. The van der Waals surface area contributed by atoms with Gasteiger partial charge in [-0.15, -0.1) is 0 Å². The van der Waals surface area contributed by atoms with Gasteiger partial charge in [-0.1, -0.05) is 12.6 Å². The SMILES string of the molecule is OCC([S])CO. The molecule has 3 heteroatoms. The standard InChI is InChI=1S/C3H7O2S/c4-1-3(6)2-5/h3-5H,1-2H2. The highest BCUT2D eigenvalue weighted by Crippen LogP contribution is 1.87. The van der Waals surface area contributed by atoms with Crippen LogP contribution in [0.25, 0.3) is 0 Å². The first-order valence-corrected chi connectivity index (χ1v) is 2.16. The molecule has 0 aliphatic heterocycles. The van der Waals surface area contributed by atoms with Gasteiger partial charge in [0.1, 0.15) is 0 Å². The quantitative estimate of drug-likeness (QED) is 0.501. The minimum Gasteiger partial charge on any atom is -0.395 e. The van der Waals surface area contributed by atoms with Crippen LogP contribution in [0.2, 0.25) is 0 Å². The second-order valence-corrected chi connectivity index (χ2v) is 1.65. The van der Waals surface area contributed by atoms with Crippen LogP contribution in [0.4, 0.5) is 0 Å². The van der Waals surface area contributed by atoms with Gasteiger partial charge in [-0.25, -0.2) is 0 Å². The number of hydrogen-bond acceptors (Lipinski definition) is 2. The average Bonchev–Trinajstić information content (AvgIpc) is 1.65. The van der Waals surface area contributed by atoms with Crippen molar-refractivity contribution in [1.29, 1.82) is 0 Å². The summed E-state index contributed by atoms with van der Waals surface area (Å²) in [5, 5.41) is 15.8. The fourth-order valence-corrected chi connectivity index (χ4v) is 0.0577. The molecule has 0 saturated heterocycles. The summed E-state index contributed by atoms with van der Waals surface area (Å²) in [4.78, 5) is 0. The highest BCUT2D eigenvalue weighted by atomic mass is 32.1. The van der Waals surface area contributed by atoms with E-state index < -0.39 is 0 Å². The topological polar surface area (TPSA) is 40.5 Å². The average molecular weight is 107 g/mol. The van der Waals surface area contributed by atoms with E-state index in [2.05, 4.69) is 12.6 Å². The molecule has 0 spiro atoms. The summed E-state index contributed by atoms with van der Waals surface area (Å²) in [6.07, 6.45) is 0. The second kappa shape index (κ2) is 3.46. The monoisotopic (exact) mass is 107 g/mol. The Morgan fingerprint density at radius 1 is 1.33 bits per heavy atom. The third kappa shape index (κ3) is 2.50. The van der Waals surface area contributed by atoms with Crippen molar-refractivity contribution in [3.8, 4) is 0 Å². The molecule has 0 aromatic heterocycles. The normalized spacial score (nSPS) is 10.0. The number of hydrogen-bond donors (Lipinski definition) is 2. The first-order valence-electron chi connectivity index (χ1n) is 1.68. The van der Waals surface area contributed by atoms with E-state index in [1.165, 1.54) is 0 Å². The molecule has 37 valence electrons. The lowest BCUT2D eigenvalue weighted by Gasteiger charge is -1.95. The molecule has 0 rings (SSSR count). The number of rotatable bonds is 2. The molecule has 0 atom stereocenters. The van der Waals surface area contributed by atoms with Crippen LogP contribution in [0.5, 0.6) is 0 Å². The first-order chi connectivity index (χ1) is 2.81. The molecule has 0 saturated carbocycles. The van der Waals surface area contributed by atoms with Crippen LogP contribution in [0.15, 0.2) is 0 Å². The van der Waals surface area contributed by atoms with Gasteiger partial charge in [-0.05, 0) is 0 Å². The molecule has 0 fully saturated rings. The van der Waals surface area contributed by atoms with Crippen molar-refractivity contribution in [2.24, 2.45) is 0 Å². The van der Waals surface area contributed by atoms with Crippen molar-refractivity contribution >= 4 is 12.6 Å². The van der Waals surface area contributed by atoms with Gasteiger partial charge >= 0.3 is 0 Å². The maximum atomic E-state index is 8.07. The van der Waals surface area contributed by atoms with Crippen LogP contribution in [-0.4, -0.2) is 28.7 Å². The van der Waals surface area contributed by atoms with Gasteiger partial charge in [0.25, 0.3) is 0 Å². The van der Waals surface area contributed by atoms with E-state index in [1.54, 1.807) is 0 Å². The van der Waals surface area contributed by atoms with Gasteiger partial charge in [-0.2, -0.15) is 0 Å². The molecule has 0 aromatic carbocycles. The highest BCUT2D eigenvalue weighted by molar-refractivity contribution is 7.81. The zero-order chi connectivity index (χ0) is 4.99. The second-order valence-electron chi connectivity index (χ2n) is 0.987. The zero-order valence-electron chi connectivity index (χ0n) is 3.29. The van der Waals surface area contributed by atoms with Crippen LogP contribution < -0.4 is 0 Å². The predicted molar refractivity (Wildman–Crippen MR) is 25.6 cm³/mol. The molecular formula is C3H7O2S. The Balaban J connectivity index is 2.75. The molecule has 0 amide bonds. The number of aliphatic hydroxyl groups excluding tert-OH is 2. The van der Waals surface area contributed by atoms with E-state index in [1.807, 2.05) is 0 Å². The van der Waals surface area contributed by atoms with Gasteiger partial charge in [0.2, 0.25) is 0 Å². The lowest BCUT2D eigenvalue weighted by molar-refractivity contribution is 0.229. The van der Waals surface area contributed by atoms with Gasteiger partial charge in [0.15, 0.2) is 0 Å². The molecule has 2 N–H and O–H groups in total. The Morgan fingerprint density at radius 2 is 1.67 bits per heavy atom. The molecule has 0 aromatic rings. The van der Waals surface area contributed by atoms with Gasteiger partial charge in [0.05, 0.1) is 18.5 Å². The summed E-state index contributed by atoms with van der Waals surface area (Å²) in [5.41, 5.74) is 0. The highest BCUT2D eigenvalue weighted by Gasteiger charge is 1.94. The molecule has 0 aliphatic carbocycles. The Bertz CT molecular complexity index is 28.0. The molecule has 2 nitrogen and oxygen atoms in total. The fraction of sp³-hybridized carbons (Fsp3) is 1.00. The first kappa shape index (κ1) is 6.27. The van der Waals surface area contributed by atoms with E-state index >= 15 is 0 Å². The Labute approximate surface area is 42.2 Å². The smallest absolute Gasteiger partial charge is 0.0614 e. The maximum Gasteiger partial charge on any atom is 0.0614 e. The van der Waals surface area contributed by atoms with E-state index in [9.17, 15) is 0 Å². The van der Waals surface area contributed by atoms with E-state index in [0.29, 0.717) is 0 Å². The molecule has 0 unspecified atom stereocenters. The summed E-state index contributed by atoms with van der Waals surface area (Å²) in [5.74, 6) is 0. The summed E-state index contributed by atoms with van der Waals surface area (Å²) in [6.45, 7) is -0.211. The minimum atomic E-state index is -0.370. The van der Waals surface area contributed by atoms with Crippen LogP contribution in [0.3, 0.4) is 0 Å². The van der Waals surface area contributed by atoms with Crippen LogP contribution in [0, 0.1) is 0 Å². The third-order valence-corrected chi connectivity index (χ3v) is 0.705. The zero-order valence-corrected chi connectivity index (χ0v) is 4.11. The van der Waals surface area contributed by atoms with Crippen molar-refractivity contribution < 1.29 is 10.2 Å².